The van der Waals surface area contributed by atoms with Crippen LogP contribution in [0.1, 0.15) is 161 Å². The van der Waals surface area contributed by atoms with Crippen molar-refractivity contribution in [2.24, 2.45) is 11.8 Å². The first kappa shape index (κ1) is 89.2. The molecule has 6 atom stereocenters. The van der Waals surface area contributed by atoms with Gasteiger partial charge in [0.25, 0.3) is 14.3 Å². The van der Waals surface area contributed by atoms with Crippen LogP contribution < -0.4 is 31.8 Å². The van der Waals surface area contributed by atoms with Crippen molar-refractivity contribution in [3.63, 3.8) is 0 Å². The molecule has 5 amide bonds. The number of nitrogens with zero attached hydrogens (tertiary/aromatic N) is 4. The van der Waals surface area contributed by atoms with Crippen LogP contribution in [-0.2, 0) is 71.9 Å². The number of ketones is 2. The van der Waals surface area contributed by atoms with E-state index in [1.807, 2.05) is 0 Å². The van der Waals surface area contributed by atoms with Crippen LogP contribution in [0.2, 0.25) is 10.1 Å². The largest absolute Gasteiger partial charge is 0.481 e. The zero-order valence-electron chi connectivity index (χ0n) is 58.7. The third-order valence-electron chi connectivity index (χ3n) is 17.4. The summed E-state index contributed by atoms with van der Waals surface area (Å²) in [5.74, 6) is -20.1. The summed E-state index contributed by atoms with van der Waals surface area (Å²) in [4.78, 5) is 205. The van der Waals surface area contributed by atoms with Gasteiger partial charge in [0.15, 0.2) is 0 Å². The average molecular weight is 1470 g/mol. The van der Waals surface area contributed by atoms with Crippen molar-refractivity contribution in [3.8, 4) is 0 Å². The molecule has 14 N–H and O–H groups in total. The van der Waals surface area contributed by atoms with Gasteiger partial charge in [-0.15, -0.1) is 0 Å². The first-order chi connectivity index (χ1) is 47.5. The number of hydrogen-bond donors (Lipinski definition) is 14. The van der Waals surface area contributed by atoms with Crippen molar-refractivity contribution in [1.29, 1.82) is 0 Å². The van der Waals surface area contributed by atoms with Crippen molar-refractivity contribution in [1.82, 2.24) is 46.2 Å². The average Bonchev–Trinajstić information content (AvgIpc) is 0.748. The number of aliphatic carboxylic acids is 9. The summed E-state index contributed by atoms with van der Waals surface area (Å²) in [6.45, 7) is 8.74. The Balaban J connectivity index is 2.13. The number of unbranched alkanes of at least 4 members (excludes halogenated alkanes) is 2. The maximum Gasteiger partial charge on any atom is 0.326 e. The van der Waals surface area contributed by atoms with E-state index in [2.05, 4.69) is 26.6 Å². The number of hydrogen-bond acceptors (Lipinski definition) is 20. The van der Waals surface area contributed by atoms with Gasteiger partial charge in [-0.25, -0.2) is 9.59 Å². The van der Waals surface area contributed by atoms with E-state index < -0.39 is 208 Å². The molecular weight excluding hydrogens is 1370 g/mol. The monoisotopic (exact) mass is 1470 g/mol. The molecule has 36 heteroatoms. The molecule has 572 valence electrons. The van der Waals surface area contributed by atoms with Crippen LogP contribution in [0, 0.1) is 11.8 Å². The molecule has 34 nitrogen and oxygen atoms in total. The number of carbonyl (C=O) groups excluding carboxylic acids is 7. The number of benzene rings is 1. The lowest BCUT2D eigenvalue weighted by Gasteiger charge is -2.44. The molecule has 0 aliphatic carbocycles. The second kappa shape index (κ2) is 43.8. The van der Waals surface area contributed by atoms with Gasteiger partial charge in [0.05, 0.1) is 31.5 Å². The molecule has 1 saturated heterocycles. The Morgan fingerprint density at radius 2 is 0.873 bits per heavy atom. The maximum absolute atomic E-state index is 17.2. The van der Waals surface area contributed by atoms with Crippen LogP contribution in [0.25, 0.3) is 0 Å². The number of nitrogens with one attached hydrogen (secondary N) is 5. The van der Waals surface area contributed by atoms with Crippen LogP contribution >= 0.6 is 0 Å². The molecule has 0 radical (unpaired) electrons. The van der Waals surface area contributed by atoms with Gasteiger partial charge in [-0.3, -0.25) is 86.7 Å². The normalized spacial score (nSPS) is 15.8. The minimum absolute atomic E-state index is 0.0109. The molecule has 102 heavy (non-hydrogen) atoms. The van der Waals surface area contributed by atoms with Crippen LogP contribution in [0.3, 0.4) is 0 Å². The zero-order valence-corrected chi connectivity index (χ0v) is 59.7. The maximum atomic E-state index is 17.2. The first-order valence-electron chi connectivity index (χ1n) is 33.7. The Kier molecular flexibility index (Phi) is 38.3. The van der Waals surface area contributed by atoms with E-state index in [9.17, 15) is 118 Å². The fraction of sp³-hybridized carbons (Fsp3) is 0.667. The van der Waals surface area contributed by atoms with Crippen LogP contribution in [0.5, 0.6) is 0 Å². The Bertz CT molecular complexity index is 3040. The van der Waals surface area contributed by atoms with Crippen LogP contribution in [0.15, 0.2) is 24.3 Å². The Labute approximate surface area is 591 Å². The van der Waals surface area contributed by atoms with Crippen molar-refractivity contribution in [3.05, 3.63) is 29.8 Å². The van der Waals surface area contributed by atoms with Crippen molar-refractivity contribution >= 4 is 108 Å². The summed E-state index contributed by atoms with van der Waals surface area (Å²) in [5, 5.41) is 98.2. The summed E-state index contributed by atoms with van der Waals surface area (Å²) in [6, 6.07) is -0.401. The second-order valence-electron chi connectivity index (χ2n) is 27.5. The quantitative estimate of drug-likeness (QED) is 0.0246. The summed E-state index contributed by atoms with van der Waals surface area (Å²) < 4.78 is 17.2. The van der Waals surface area contributed by atoms with Crippen molar-refractivity contribution in [2.75, 3.05) is 85.1 Å². The predicted octanol–water partition coefficient (Wildman–Crippen LogP) is 1.06. The zero-order chi connectivity index (χ0) is 77.2. The molecule has 0 spiro atoms. The van der Waals surface area contributed by atoms with E-state index in [1.165, 1.54) is 43.9 Å². The van der Waals surface area contributed by atoms with E-state index >= 15 is 4.11 Å². The van der Waals surface area contributed by atoms with Gasteiger partial charge in [0.1, 0.15) is 35.7 Å². The Morgan fingerprint density at radius 1 is 0.431 bits per heavy atom. The lowest BCUT2D eigenvalue weighted by atomic mass is 9.90. The SMILES string of the molecule is CC(C)(C)[Si](F)(c1ccc(C(=O)N[C@H](CNC(=O)CC[C@H](C(=O)O)N2CCN(CC(=O)O)CCN(CC(=O)O)CCN(CC(=O)O)CC2)C(=O)N[C@H](CCCCNC(=O)CCC(=O)CCCC[C@H](NC(=O)CC[C@H](CC(=O)C[C@@H](CCC(=O)O)C(=O)O)C(=O)O)C(=O)O)C(=O)O)cc1)C(C)(C)C. The molecule has 0 aromatic heterocycles. The summed E-state index contributed by atoms with van der Waals surface area (Å²) in [7, 11) is -3.81. The third-order valence-corrected chi connectivity index (χ3v) is 22.7. The number of carboxylic acids is 9. The molecule has 0 bridgehead atoms. The smallest absolute Gasteiger partial charge is 0.326 e. The van der Waals surface area contributed by atoms with Crippen molar-refractivity contribution < 1.29 is 127 Å². The number of Topliss-reactive ketones (excluding diaryl/α,β-unsaturated/α-hetero) is 2. The Hall–Kier alpha value is -8.87. The third kappa shape index (κ3) is 33.3. The fourth-order valence-corrected chi connectivity index (χ4v) is 16.6. The lowest BCUT2D eigenvalue weighted by molar-refractivity contribution is -0.147. The van der Waals surface area contributed by atoms with E-state index in [0.29, 0.717) is 5.19 Å². The number of carbonyl (C=O) groups is 16. The highest BCUT2D eigenvalue weighted by Gasteiger charge is 2.56. The number of amides is 5. The second-order valence-corrected chi connectivity index (χ2v) is 32.4. The topological polar surface area (TPSA) is 528 Å². The minimum Gasteiger partial charge on any atom is -0.481 e. The van der Waals surface area contributed by atoms with Gasteiger partial charge in [0, 0.05) is 122 Å². The highest BCUT2D eigenvalue weighted by molar-refractivity contribution is 6.90. The molecule has 1 aliphatic rings. The number of carboxylic acid groups (broad SMARTS) is 9. The molecule has 2 rings (SSSR count). The number of halogens is 1. The van der Waals surface area contributed by atoms with Gasteiger partial charge in [-0.2, -0.15) is 0 Å². The summed E-state index contributed by atoms with van der Waals surface area (Å²) in [5.41, 5.74) is -0.0282. The molecule has 1 fully saturated rings. The molecule has 1 aromatic carbocycles. The molecule has 1 aliphatic heterocycles. The lowest BCUT2D eigenvalue weighted by Crippen LogP contribution is -2.58. The number of rotatable bonds is 46. The molecule has 1 heterocycles. The predicted molar refractivity (Wildman–Crippen MR) is 362 cm³/mol. The van der Waals surface area contributed by atoms with Crippen LogP contribution in [0.4, 0.5) is 4.11 Å². The van der Waals surface area contributed by atoms with Gasteiger partial charge >= 0.3 is 53.7 Å². The molecule has 0 saturated carbocycles. The van der Waals surface area contributed by atoms with E-state index in [4.69, 9.17) is 5.11 Å². The van der Waals surface area contributed by atoms with E-state index in [-0.39, 0.29) is 141 Å². The van der Waals surface area contributed by atoms with Crippen LogP contribution in [-0.4, -0.2) is 278 Å². The van der Waals surface area contributed by atoms with Gasteiger partial charge < -0.3 is 76.7 Å². The standard InChI is InChI=1S/C66H102FN9O25Si/c1-65(2,3)102(67,66(4,5)6)46-19-14-41(15-20-46)58(90)72-49(37-69-52(80)24-21-50(64(100)101)76-33-31-74(39-56(86)87)29-27-73(38-55(84)85)28-30-75(32-34-76)40-57(88)89)59(91)71-48(63(98)99)13-9-10-26-68-51(79)23-18-44(77)11-7-8-12-47(62(96)97)70-53(81)22-16-42(60(92)93)35-45(78)36-43(61(94)95)17-25-54(82)83/h14-15,19-20,42-43,47-50H,7-13,16-18,21-40H2,1-6H3,(H,68,79)(H,69,80)(H,70,81)(H,71,91)(H,72,90)(H,82,83)(H,84,85)(H,86,87)(H,88,89)(H,92,93)(H,94,95)(H,96,97)(H,98,99)(H,100,101)/t42-,43-,47+,48-,49-,50-/m1/s1. The first-order valence-corrected chi connectivity index (χ1v) is 35.6. The highest BCUT2D eigenvalue weighted by atomic mass is 28.4. The van der Waals surface area contributed by atoms with Gasteiger partial charge in [0.2, 0.25) is 23.6 Å². The minimum atomic E-state index is -3.81. The summed E-state index contributed by atoms with van der Waals surface area (Å²) >= 11 is 0. The molecule has 0 unspecified atom stereocenters. The fourth-order valence-electron chi connectivity index (χ4n) is 12.0. The highest BCUT2D eigenvalue weighted by Crippen LogP contribution is 2.51. The van der Waals surface area contributed by atoms with E-state index in [1.54, 1.807) is 41.5 Å². The van der Waals surface area contributed by atoms with E-state index in [0.717, 1.165) is 0 Å². The molecule has 1 aromatic rings. The molecular formula is C66H102FN9O25Si. The van der Waals surface area contributed by atoms with Gasteiger partial charge in [-0.05, 0) is 78.8 Å². The summed E-state index contributed by atoms with van der Waals surface area (Å²) in [6.07, 6.45) is -4.24. The van der Waals surface area contributed by atoms with Crippen molar-refractivity contribution in [2.45, 2.75) is 185 Å². The van der Waals surface area contributed by atoms with Gasteiger partial charge in [-0.1, -0.05) is 60.1 Å². The Morgan fingerprint density at radius 3 is 1.31 bits per heavy atom.